The summed E-state index contributed by atoms with van der Waals surface area (Å²) < 4.78 is 33.0. The summed E-state index contributed by atoms with van der Waals surface area (Å²) in [5, 5.41) is 0.714. The first-order valence-corrected chi connectivity index (χ1v) is 9.59. The van der Waals surface area contributed by atoms with Crippen LogP contribution < -0.4 is 11.5 Å². The molecule has 1 aliphatic rings. The van der Waals surface area contributed by atoms with Crippen molar-refractivity contribution in [3.8, 4) is 0 Å². The minimum absolute atomic E-state index is 0.0571. The van der Waals surface area contributed by atoms with Crippen LogP contribution in [0.15, 0.2) is 36.4 Å². The highest BCUT2D eigenvalue weighted by molar-refractivity contribution is 5.94. The first kappa shape index (κ1) is 20.0. The van der Waals surface area contributed by atoms with Crippen molar-refractivity contribution in [1.82, 2.24) is 14.9 Å². The fourth-order valence-corrected chi connectivity index (χ4v) is 3.69. The fraction of sp³-hybridized carbons (Fsp3) is 0.286. The van der Waals surface area contributed by atoms with Crippen molar-refractivity contribution < 1.29 is 18.3 Å². The maximum absolute atomic E-state index is 13.9. The number of nitrogens with two attached hydrogens (primary N) is 2. The van der Waals surface area contributed by atoms with Crippen LogP contribution in [0.2, 0.25) is 0 Å². The van der Waals surface area contributed by atoms with Gasteiger partial charge in [-0.2, -0.15) is 4.98 Å². The van der Waals surface area contributed by atoms with Crippen molar-refractivity contribution in [1.29, 1.82) is 0 Å². The molecule has 1 amide bonds. The van der Waals surface area contributed by atoms with Crippen LogP contribution in [0.1, 0.15) is 28.8 Å². The number of fused-ring (bicyclic) bond motifs is 1. The zero-order valence-electron chi connectivity index (χ0n) is 16.1. The van der Waals surface area contributed by atoms with Gasteiger partial charge in [0.1, 0.15) is 17.5 Å². The second-order valence-corrected chi connectivity index (χ2v) is 7.21. The Kier molecular flexibility index (Phi) is 5.45. The molecule has 0 radical (unpaired) electrons. The molecule has 9 heteroatoms. The first-order valence-electron chi connectivity index (χ1n) is 9.59. The van der Waals surface area contributed by atoms with Crippen LogP contribution >= 0.6 is 0 Å². The Morgan fingerprint density at radius 2 is 1.90 bits per heavy atom. The number of nitrogen functional groups attached to an aromatic ring is 2. The van der Waals surface area contributed by atoms with Crippen LogP contribution in [0.25, 0.3) is 10.9 Å². The number of rotatable bonds is 4. The van der Waals surface area contributed by atoms with E-state index in [2.05, 4.69) is 9.97 Å². The van der Waals surface area contributed by atoms with Gasteiger partial charge in [-0.3, -0.25) is 4.79 Å². The van der Waals surface area contributed by atoms with Crippen LogP contribution in [-0.4, -0.2) is 40.0 Å². The van der Waals surface area contributed by atoms with E-state index in [1.54, 1.807) is 4.90 Å². The van der Waals surface area contributed by atoms with E-state index >= 15 is 0 Å². The first-order chi connectivity index (χ1) is 14.4. The van der Waals surface area contributed by atoms with Crippen molar-refractivity contribution in [3.63, 3.8) is 0 Å². The number of ether oxygens (including phenoxy) is 1. The van der Waals surface area contributed by atoms with Gasteiger partial charge < -0.3 is 21.1 Å². The highest BCUT2D eigenvalue weighted by Gasteiger charge is 2.26. The van der Waals surface area contributed by atoms with Gasteiger partial charge in [0.05, 0.1) is 23.8 Å². The Hall–Kier alpha value is -3.33. The smallest absolute Gasteiger partial charge is 0.256 e. The monoisotopic (exact) mass is 413 g/mol. The van der Waals surface area contributed by atoms with Crippen molar-refractivity contribution in [2.45, 2.75) is 25.6 Å². The predicted octanol–water partition coefficient (Wildman–Crippen LogP) is 2.89. The van der Waals surface area contributed by atoms with E-state index in [1.165, 1.54) is 6.07 Å². The van der Waals surface area contributed by atoms with Gasteiger partial charge in [0.15, 0.2) is 0 Å². The Balaban J connectivity index is 1.38. The minimum atomic E-state index is -0.852. The van der Waals surface area contributed by atoms with Crippen LogP contribution in [0.4, 0.5) is 20.5 Å². The number of aromatic nitrogens is 2. The summed E-state index contributed by atoms with van der Waals surface area (Å²) in [7, 11) is 0. The molecule has 1 fully saturated rings. The number of amides is 1. The molecule has 0 bridgehead atoms. The van der Waals surface area contributed by atoms with Crippen molar-refractivity contribution in [2.24, 2.45) is 0 Å². The number of anilines is 2. The molecular formula is C21H21F2N5O2. The fourth-order valence-electron chi connectivity index (χ4n) is 3.69. The minimum Gasteiger partial charge on any atom is -0.383 e. The van der Waals surface area contributed by atoms with Crippen LogP contribution in [0.3, 0.4) is 0 Å². The number of halogens is 2. The number of piperidine rings is 1. The Morgan fingerprint density at radius 3 is 2.63 bits per heavy atom. The number of benzene rings is 2. The molecule has 0 aliphatic carbocycles. The lowest BCUT2D eigenvalue weighted by molar-refractivity contribution is -0.0000530. The van der Waals surface area contributed by atoms with Gasteiger partial charge in [-0.25, -0.2) is 13.8 Å². The molecule has 0 spiro atoms. The molecule has 0 saturated carbocycles. The summed E-state index contributed by atoms with van der Waals surface area (Å²) in [6.45, 7) is 1.18. The second-order valence-electron chi connectivity index (χ2n) is 7.21. The Labute approximate surface area is 171 Å². The third-order valence-corrected chi connectivity index (χ3v) is 5.22. The maximum Gasteiger partial charge on any atom is 0.256 e. The number of carbonyl (C=O) groups is 1. The maximum atomic E-state index is 13.9. The zero-order valence-corrected chi connectivity index (χ0v) is 16.1. The molecule has 3 aromatic rings. The summed E-state index contributed by atoms with van der Waals surface area (Å²) in [5.41, 5.74) is 13.1. The van der Waals surface area contributed by atoms with Gasteiger partial charge in [0, 0.05) is 24.5 Å². The molecule has 2 aromatic carbocycles. The quantitative estimate of drug-likeness (QED) is 0.681. The van der Waals surface area contributed by atoms with E-state index < -0.39 is 17.5 Å². The molecule has 4 N–H and O–H groups in total. The number of likely N-dealkylation sites (tertiary alicyclic amines) is 1. The predicted molar refractivity (Wildman–Crippen MR) is 108 cm³/mol. The Bertz CT molecular complexity index is 1100. The second kappa shape index (κ2) is 8.19. The van der Waals surface area contributed by atoms with E-state index in [1.807, 2.05) is 18.2 Å². The molecule has 156 valence electrons. The number of hydrogen-bond donors (Lipinski definition) is 2. The third-order valence-electron chi connectivity index (χ3n) is 5.22. The van der Waals surface area contributed by atoms with Gasteiger partial charge in [0.25, 0.3) is 5.91 Å². The third kappa shape index (κ3) is 4.02. The van der Waals surface area contributed by atoms with Crippen molar-refractivity contribution in [2.75, 3.05) is 24.6 Å². The summed E-state index contributed by atoms with van der Waals surface area (Å²) in [6.07, 6.45) is 1.16. The lowest BCUT2D eigenvalue weighted by Crippen LogP contribution is -2.41. The van der Waals surface area contributed by atoms with Crippen molar-refractivity contribution in [3.05, 3.63) is 59.2 Å². The van der Waals surface area contributed by atoms with Gasteiger partial charge in [0.2, 0.25) is 5.95 Å². The van der Waals surface area contributed by atoms with E-state index in [4.69, 9.17) is 16.2 Å². The van der Waals surface area contributed by atoms with E-state index in [0.29, 0.717) is 49.3 Å². The van der Waals surface area contributed by atoms with Crippen LogP contribution in [0.5, 0.6) is 0 Å². The zero-order chi connectivity index (χ0) is 21.3. The molecule has 4 rings (SSSR count). The highest BCUT2D eigenvalue weighted by atomic mass is 19.1. The summed E-state index contributed by atoms with van der Waals surface area (Å²) in [6, 6.07) is 8.54. The normalized spacial score (nSPS) is 14.9. The largest absolute Gasteiger partial charge is 0.383 e. The number of carbonyl (C=O) groups excluding carboxylic acids is 1. The molecule has 1 aromatic heterocycles. The lowest BCUT2D eigenvalue weighted by atomic mass is 10.1. The molecule has 1 saturated heterocycles. The van der Waals surface area contributed by atoms with Gasteiger partial charge in [-0.05, 0) is 36.6 Å². The summed E-state index contributed by atoms with van der Waals surface area (Å²) in [5.74, 6) is -1.58. The van der Waals surface area contributed by atoms with Crippen LogP contribution in [-0.2, 0) is 11.3 Å². The average Bonchev–Trinajstić information content (AvgIpc) is 2.71. The molecule has 30 heavy (non-hydrogen) atoms. The van der Waals surface area contributed by atoms with Gasteiger partial charge >= 0.3 is 0 Å². The number of nitrogens with zero attached hydrogens (tertiary/aromatic N) is 3. The van der Waals surface area contributed by atoms with E-state index in [0.717, 1.165) is 17.7 Å². The molecule has 2 heterocycles. The van der Waals surface area contributed by atoms with Gasteiger partial charge in [-0.15, -0.1) is 0 Å². The standard InChI is InChI=1S/C21H21F2N5O2/c22-13-4-5-15(16(23)10-13)20(29)28-8-6-14(7-9-28)30-11-12-2-1-3-17-18(12)19(24)27-21(25)26-17/h1-5,10,14H,6-9,11H2,(H4,24,25,26,27). The lowest BCUT2D eigenvalue weighted by Gasteiger charge is -2.32. The van der Waals surface area contributed by atoms with E-state index in [9.17, 15) is 13.6 Å². The molecule has 7 nitrogen and oxygen atoms in total. The van der Waals surface area contributed by atoms with Crippen LogP contribution in [0, 0.1) is 11.6 Å². The SMILES string of the molecule is Nc1nc(N)c2c(COC3CCN(C(=O)c4ccc(F)cc4F)CC3)cccc2n1. The van der Waals surface area contributed by atoms with E-state index in [-0.39, 0.29) is 17.6 Å². The highest BCUT2D eigenvalue weighted by Crippen LogP contribution is 2.25. The molecular weight excluding hydrogens is 392 g/mol. The average molecular weight is 413 g/mol. The topological polar surface area (TPSA) is 107 Å². The molecule has 0 atom stereocenters. The van der Waals surface area contributed by atoms with Crippen molar-refractivity contribution >= 4 is 28.6 Å². The summed E-state index contributed by atoms with van der Waals surface area (Å²) >= 11 is 0. The summed E-state index contributed by atoms with van der Waals surface area (Å²) in [4.78, 5) is 22.3. The number of hydrogen-bond acceptors (Lipinski definition) is 6. The van der Waals surface area contributed by atoms with Gasteiger partial charge in [-0.1, -0.05) is 12.1 Å². The molecule has 1 aliphatic heterocycles. The Morgan fingerprint density at radius 1 is 1.13 bits per heavy atom. The molecule has 0 unspecified atom stereocenters.